The average molecular weight is 755 g/mol. The van der Waals surface area contributed by atoms with Crippen molar-refractivity contribution in [2.24, 2.45) is 41.4 Å². The van der Waals surface area contributed by atoms with Crippen LogP contribution >= 0.6 is 0 Å². The molecule has 6 heteroatoms. The van der Waals surface area contributed by atoms with E-state index in [4.69, 9.17) is 0 Å². The predicted octanol–water partition coefficient (Wildman–Crippen LogP) is 8.34. The lowest BCUT2D eigenvalue weighted by molar-refractivity contribution is -0.149. The van der Waals surface area contributed by atoms with Crippen LogP contribution in [0.1, 0.15) is 98.8 Å². The number of aromatic hydroxyl groups is 1. The van der Waals surface area contributed by atoms with Crippen LogP contribution < -0.4 is 10.4 Å². The monoisotopic (exact) mass is 754 g/mol. The summed E-state index contributed by atoms with van der Waals surface area (Å²) in [4.78, 5) is 13.8. The fraction of sp³-hybridized carbons (Fsp3) is 0.460. The number of aliphatic carboxylic acids is 1. The largest absolute Gasteiger partial charge is 0.511 e. The molecule has 8 rings (SSSR count). The summed E-state index contributed by atoms with van der Waals surface area (Å²) in [5.74, 6) is -1.01. The molecule has 0 saturated heterocycles. The highest BCUT2D eigenvalue weighted by Crippen LogP contribution is 2.59. The highest BCUT2D eigenvalue weighted by atomic mass is 16.4. The molecule has 2 bridgehead atoms. The number of carbonyl (C=O) groups is 1. The fourth-order valence-electron chi connectivity index (χ4n) is 11.6. The van der Waals surface area contributed by atoms with Crippen molar-refractivity contribution in [1.29, 1.82) is 0 Å². The molecule has 0 unspecified atom stereocenters. The second-order valence-electron chi connectivity index (χ2n) is 17.5. The Bertz CT molecular complexity index is 2110. The summed E-state index contributed by atoms with van der Waals surface area (Å²) >= 11 is 0. The van der Waals surface area contributed by atoms with Crippen molar-refractivity contribution < 1.29 is 30.3 Å². The lowest BCUT2D eigenvalue weighted by Crippen LogP contribution is -2.56. The van der Waals surface area contributed by atoms with Gasteiger partial charge in [-0.15, -0.1) is 0 Å². The Hall–Kier alpha value is -4.39. The molecule has 0 aliphatic heterocycles. The number of aliphatic hydroxyl groups excluding tert-OH is 3. The van der Waals surface area contributed by atoms with Gasteiger partial charge in [-0.1, -0.05) is 117 Å². The van der Waals surface area contributed by atoms with E-state index in [1.165, 1.54) is 30.4 Å². The van der Waals surface area contributed by atoms with Crippen molar-refractivity contribution in [3.63, 3.8) is 0 Å². The van der Waals surface area contributed by atoms with Gasteiger partial charge in [0.05, 0.1) is 19.1 Å². The van der Waals surface area contributed by atoms with Crippen LogP contribution in [0, 0.1) is 41.4 Å². The zero-order chi connectivity index (χ0) is 38.8. The molecule has 1 saturated carbocycles. The standard InChI is InChI=1S/C50H58O6/c51-30-34-15-14-32(24-34)8-3-1-2-4-9-35-11-7-12-39(31-52)47(49(55)56)50-29-45-40(27-38-10-5-6-13-43(38)48(45)54)28-41(50)21-18-37-17-16-33(26-46(37)50)25-44(35)36-19-22-42(53)23-20-36/h5-7,10,12-13,16-24,26-27,32,35,39-41,44-45,47,51-54H,1-4,8-9,11,14-15,25,28-31H2,(H,55,56)/b12-7+/t32-,35-,39-,40+,41-,44-,45-,47+,50+/m0/s1. The third-order valence-electron chi connectivity index (χ3n) is 14.4. The van der Waals surface area contributed by atoms with Gasteiger partial charge in [-0.2, -0.15) is 0 Å². The smallest absolute Gasteiger partial charge is 0.308 e. The van der Waals surface area contributed by atoms with Crippen molar-refractivity contribution in [3.8, 4) is 5.75 Å². The summed E-state index contributed by atoms with van der Waals surface area (Å²) in [5, 5.41) is 56.0. The molecule has 1 spiro atoms. The highest BCUT2D eigenvalue weighted by molar-refractivity contribution is 5.76. The van der Waals surface area contributed by atoms with Gasteiger partial charge in [0.1, 0.15) is 11.5 Å². The van der Waals surface area contributed by atoms with E-state index in [1.54, 1.807) is 12.1 Å². The molecular weight excluding hydrogens is 697 g/mol. The van der Waals surface area contributed by atoms with E-state index in [2.05, 4.69) is 66.8 Å². The maximum atomic E-state index is 13.8. The first kappa shape index (κ1) is 38.5. The number of phenolic OH excluding ortho intramolecular Hbond substituents is 1. The van der Waals surface area contributed by atoms with Gasteiger partial charge in [0.2, 0.25) is 0 Å². The van der Waals surface area contributed by atoms with E-state index in [0.29, 0.717) is 24.5 Å². The molecule has 0 heterocycles. The van der Waals surface area contributed by atoms with Gasteiger partial charge in [0, 0.05) is 22.5 Å². The van der Waals surface area contributed by atoms with Crippen LogP contribution in [-0.4, -0.2) is 44.7 Å². The van der Waals surface area contributed by atoms with Crippen molar-refractivity contribution in [1.82, 2.24) is 0 Å². The molecule has 294 valence electrons. The van der Waals surface area contributed by atoms with Crippen LogP contribution in [0.4, 0.5) is 0 Å². The normalized spacial score (nSPS) is 31.1. The van der Waals surface area contributed by atoms with Crippen LogP contribution in [0.15, 0.2) is 96.6 Å². The molecule has 56 heavy (non-hydrogen) atoms. The molecule has 0 amide bonds. The summed E-state index contributed by atoms with van der Waals surface area (Å²) < 4.78 is 0. The van der Waals surface area contributed by atoms with Crippen LogP contribution in [-0.2, 0) is 16.6 Å². The first-order chi connectivity index (χ1) is 27.3. The van der Waals surface area contributed by atoms with Crippen LogP contribution in [0.2, 0.25) is 0 Å². The fourth-order valence-corrected chi connectivity index (χ4v) is 11.6. The minimum atomic E-state index is -0.903. The van der Waals surface area contributed by atoms with Gasteiger partial charge in [-0.05, 0) is 126 Å². The molecule has 6 nitrogen and oxygen atoms in total. The maximum Gasteiger partial charge on any atom is 0.308 e. The Morgan fingerprint density at radius 3 is 2.43 bits per heavy atom. The van der Waals surface area contributed by atoms with E-state index in [1.807, 2.05) is 24.3 Å². The second-order valence-corrected chi connectivity index (χ2v) is 17.5. The van der Waals surface area contributed by atoms with E-state index < -0.39 is 23.2 Å². The van der Waals surface area contributed by atoms with E-state index in [9.17, 15) is 30.3 Å². The zero-order valence-corrected chi connectivity index (χ0v) is 32.5. The number of hydrogen-bond acceptors (Lipinski definition) is 5. The summed E-state index contributed by atoms with van der Waals surface area (Å²) in [6.07, 6.45) is 24.9. The first-order valence-electron chi connectivity index (χ1n) is 21.2. The van der Waals surface area contributed by atoms with Gasteiger partial charge < -0.3 is 25.5 Å². The number of phenols is 1. The molecule has 5 N–H and O–H groups in total. The summed E-state index contributed by atoms with van der Waals surface area (Å²) in [6, 6.07) is 22.3. The summed E-state index contributed by atoms with van der Waals surface area (Å²) in [5.41, 5.74) is 4.74. The second kappa shape index (κ2) is 16.6. The number of unbranched alkanes of at least 4 members (excludes halogenated alkanes) is 3. The number of benzene rings is 3. The van der Waals surface area contributed by atoms with E-state index in [0.717, 1.165) is 72.1 Å². The molecule has 0 radical (unpaired) electrons. The number of allylic oxidation sites excluding steroid dienone is 3. The topological polar surface area (TPSA) is 118 Å². The molecule has 5 aliphatic rings. The SMILES string of the molecule is O=C(O)[C@H]1[C@H](CO)/C=C/C[C@H](CCCCCC[C@@H]2C=C(CO)CC2)[C@@H](c2ccc(O)cc2)Cc2ccc3c(c2)[C@]12C[C@@H]1C(O)=c4ccccc4=C[C@@H]1C[C@@H]2C=C3. The Morgan fingerprint density at radius 1 is 0.857 bits per heavy atom. The molecule has 9 atom stereocenters. The van der Waals surface area contributed by atoms with Gasteiger partial charge in [-0.3, -0.25) is 4.79 Å². The highest BCUT2D eigenvalue weighted by Gasteiger charge is 2.58. The van der Waals surface area contributed by atoms with Crippen LogP contribution in [0.5, 0.6) is 5.75 Å². The quantitative estimate of drug-likeness (QED) is 0.0993. The third kappa shape index (κ3) is 7.43. The van der Waals surface area contributed by atoms with Gasteiger partial charge in [0.15, 0.2) is 0 Å². The molecule has 3 aromatic rings. The Morgan fingerprint density at radius 2 is 1.66 bits per heavy atom. The third-order valence-corrected chi connectivity index (χ3v) is 14.4. The number of carboxylic acids is 1. The number of carboxylic acid groups (broad SMARTS) is 1. The molecule has 3 aromatic carbocycles. The van der Waals surface area contributed by atoms with Gasteiger partial charge in [0.25, 0.3) is 0 Å². The minimum absolute atomic E-state index is 0.0761. The Balaban J connectivity index is 1.15. The Labute approximate surface area is 331 Å². The number of aliphatic hydroxyl groups is 3. The molecule has 5 aliphatic carbocycles. The van der Waals surface area contributed by atoms with E-state index >= 15 is 0 Å². The number of fused-ring (bicyclic) bond motifs is 3. The van der Waals surface area contributed by atoms with Crippen molar-refractivity contribution in [2.45, 2.75) is 88.4 Å². The molecular formula is C50H58O6. The van der Waals surface area contributed by atoms with Gasteiger partial charge in [-0.25, -0.2) is 0 Å². The number of hydrogen-bond donors (Lipinski definition) is 5. The zero-order valence-electron chi connectivity index (χ0n) is 32.5. The maximum absolute atomic E-state index is 13.8. The summed E-state index contributed by atoms with van der Waals surface area (Å²) in [7, 11) is 0. The van der Waals surface area contributed by atoms with Crippen LogP contribution in [0.25, 0.3) is 17.9 Å². The van der Waals surface area contributed by atoms with Crippen LogP contribution in [0.3, 0.4) is 0 Å². The lowest BCUT2D eigenvalue weighted by atomic mass is 9.47. The minimum Gasteiger partial charge on any atom is -0.511 e. The first-order valence-corrected chi connectivity index (χ1v) is 21.2. The van der Waals surface area contributed by atoms with Crippen molar-refractivity contribution >= 4 is 23.9 Å². The van der Waals surface area contributed by atoms with E-state index in [-0.39, 0.29) is 48.6 Å². The lowest BCUT2D eigenvalue weighted by Gasteiger charge is -2.55. The molecule has 1 fully saturated rings. The predicted molar refractivity (Wildman–Crippen MR) is 222 cm³/mol. The van der Waals surface area contributed by atoms with Crippen molar-refractivity contribution in [3.05, 3.63) is 129 Å². The average Bonchev–Trinajstić information content (AvgIpc) is 3.67. The van der Waals surface area contributed by atoms with Crippen molar-refractivity contribution in [2.75, 3.05) is 13.2 Å². The number of rotatable bonds is 11. The summed E-state index contributed by atoms with van der Waals surface area (Å²) in [6.45, 7) is -0.0889. The van der Waals surface area contributed by atoms with Gasteiger partial charge >= 0.3 is 5.97 Å². The molecule has 0 aromatic heterocycles. The Kier molecular flexibility index (Phi) is 11.4.